The molecule has 1 aliphatic heterocycles. The summed E-state index contributed by atoms with van der Waals surface area (Å²) in [5, 5.41) is 20.1. The molecule has 5 atom stereocenters. The number of carboxylic acid groups (broad SMARTS) is 2. The van der Waals surface area contributed by atoms with E-state index in [0.29, 0.717) is 5.56 Å². The van der Waals surface area contributed by atoms with Crippen LogP contribution in [-0.2, 0) is 24.5 Å². The van der Waals surface area contributed by atoms with Crippen molar-refractivity contribution < 1.29 is 29.3 Å². The third-order valence-electron chi connectivity index (χ3n) is 5.53. The Morgan fingerprint density at radius 1 is 1.34 bits per heavy atom. The van der Waals surface area contributed by atoms with E-state index in [1.54, 1.807) is 37.3 Å². The first-order chi connectivity index (χ1) is 13.7. The van der Waals surface area contributed by atoms with Gasteiger partial charge in [0.2, 0.25) is 5.91 Å². The summed E-state index contributed by atoms with van der Waals surface area (Å²) in [6.45, 7) is 6.85. The molecule has 2 rings (SSSR count). The Labute approximate surface area is 169 Å². The number of nitrogens with zero attached hydrogens (tertiary/aromatic N) is 1. The molecule has 0 spiro atoms. The van der Waals surface area contributed by atoms with Gasteiger partial charge in [-0.05, 0) is 18.9 Å². The van der Waals surface area contributed by atoms with Crippen molar-refractivity contribution in [3.63, 3.8) is 0 Å². The van der Waals surface area contributed by atoms with Crippen LogP contribution in [0.25, 0.3) is 0 Å². The van der Waals surface area contributed by atoms with Crippen molar-refractivity contribution in [3.05, 3.63) is 48.6 Å². The van der Waals surface area contributed by atoms with Gasteiger partial charge in [0.15, 0.2) is 0 Å². The quantitative estimate of drug-likeness (QED) is 0.530. The summed E-state index contributed by atoms with van der Waals surface area (Å²) in [5.41, 5.74) is 4.70. The van der Waals surface area contributed by atoms with Crippen LogP contribution in [0.2, 0.25) is 0 Å². The van der Waals surface area contributed by atoms with Crippen molar-refractivity contribution in [3.8, 4) is 0 Å². The van der Waals surface area contributed by atoms with E-state index < -0.39 is 47.5 Å². The maximum Gasteiger partial charge on any atom is 0.326 e. The maximum atomic E-state index is 13.0. The minimum absolute atomic E-state index is 0.0336. The van der Waals surface area contributed by atoms with Crippen LogP contribution in [0.15, 0.2) is 43.0 Å². The molecule has 1 heterocycles. The first-order valence-corrected chi connectivity index (χ1v) is 9.54. The molecule has 29 heavy (non-hydrogen) atoms. The van der Waals surface area contributed by atoms with Crippen LogP contribution in [0, 0.1) is 0 Å². The van der Waals surface area contributed by atoms with Crippen LogP contribution in [-0.4, -0.2) is 63.8 Å². The Balaban J connectivity index is 2.74. The van der Waals surface area contributed by atoms with Gasteiger partial charge in [0, 0.05) is 6.42 Å². The average molecular weight is 404 g/mol. The number of aliphatic carboxylic acids is 2. The molecule has 0 aromatic heterocycles. The van der Waals surface area contributed by atoms with Crippen LogP contribution in [0.3, 0.4) is 0 Å². The highest BCUT2D eigenvalue weighted by Gasteiger charge is 2.60. The second kappa shape index (κ2) is 9.19. The van der Waals surface area contributed by atoms with E-state index in [4.69, 9.17) is 10.5 Å². The molecular weight excluding hydrogens is 376 g/mol. The monoisotopic (exact) mass is 404 g/mol. The number of rotatable bonds is 9. The Kier molecular flexibility index (Phi) is 7.16. The predicted octanol–water partition coefficient (Wildman–Crippen LogP) is 1.39. The zero-order valence-corrected chi connectivity index (χ0v) is 16.7. The second-order valence-electron chi connectivity index (χ2n) is 7.23. The van der Waals surface area contributed by atoms with Gasteiger partial charge in [-0.1, -0.05) is 43.3 Å². The lowest BCUT2D eigenvalue weighted by molar-refractivity contribution is -0.157. The molecule has 0 aliphatic carbocycles. The lowest BCUT2D eigenvalue weighted by Crippen LogP contribution is -2.61. The lowest BCUT2D eigenvalue weighted by Gasteiger charge is -2.43. The van der Waals surface area contributed by atoms with Gasteiger partial charge in [-0.25, -0.2) is 4.79 Å². The normalized spacial score (nSPS) is 24.5. The SMILES string of the molecule is C=CCOC1C[C@@H](C(=O)O)N(C(=O)[C@H](C)N)C1C(CC)(C(=O)O)c1ccccc1. The van der Waals surface area contributed by atoms with Gasteiger partial charge in [0.1, 0.15) is 11.5 Å². The number of carbonyl (C=O) groups excluding carboxylic acids is 1. The van der Waals surface area contributed by atoms with E-state index in [2.05, 4.69) is 6.58 Å². The Bertz CT molecular complexity index is 766. The summed E-state index contributed by atoms with van der Waals surface area (Å²) in [4.78, 5) is 38.7. The molecule has 1 saturated heterocycles. The summed E-state index contributed by atoms with van der Waals surface area (Å²) < 4.78 is 5.81. The largest absolute Gasteiger partial charge is 0.481 e. The summed E-state index contributed by atoms with van der Waals surface area (Å²) in [6, 6.07) is 5.26. The molecule has 3 unspecified atom stereocenters. The number of amides is 1. The molecule has 0 bridgehead atoms. The third kappa shape index (κ3) is 4.04. The smallest absolute Gasteiger partial charge is 0.326 e. The van der Waals surface area contributed by atoms with Crippen molar-refractivity contribution in [2.45, 2.75) is 56.3 Å². The van der Waals surface area contributed by atoms with Gasteiger partial charge < -0.3 is 25.6 Å². The zero-order chi connectivity index (χ0) is 21.8. The molecule has 1 amide bonds. The van der Waals surface area contributed by atoms with Crippen LogP contribution >= 0.6 is 0 Å². The van der Waals surface area contributed by atoms with Crippen LogP contribution in [0.5, 0.6) is 0 Å². The Morgan fingerprint density at radius 3 is 2.41 bits per heavy atom. The van der Waals surface area contributed by atoms with E-state index in [1.807, 2.05) is 0 Å². The highest BCUT2D eigenvalue weighted by molar-refractivity contribution is 5.90. The summed E-state index contributed by atoms with van der Waals surface area (Å²) in [6.07, 6.45) is 0.779. The first-order valence-electron chi connectivity index (χ1n) is 9.54. The van der Waals surface area contributed by atoms with Crippen molar-refractivity contribution >= 4 is 17.8 Å². The molecule has 1 aromatic carbocycles. The number of nitrogens with two attached hydrogens (primary N) is 1. The summed E-state index contributed by atoms with van der Waals surface area (Å²) in [5.74, 6) is -3.00. The van der Waals surface area contributed by atoms with Gasteiger partial charge in [-0.3, -0.25) is 9.59 Å². The number of hydrogen-bond acceptors (Lipinski definition) is 5. The topological polar surface area (TPSA) is 130 Å². The highest BCUT2D eigenvalue weighted by Crippen LogP contribution is 2.43. The van der Waals surface area contributed by atoms with Gasteiger partial charge in [-0.2, -0.15) is 0 Å². The standard InChI is InChI=1S/C21H28N2O6/c1-4-11-29-16-12-15(19(25)26)23(18(24)13(3)22)17(16)21(5-2,20(27)28)14-9-7-6-8-10-14/h4,6-10,13,15-17H,1,5,11-12,22H2,2-3H3,(H,25,26)(H,27,28)/t13-,15-,16?,17?,21?/m0/s1. The van der Waals surface area contributed by atoms with Gasteiger partial charge in [-0.15, -0.1) is 6.58 Å². The average Bonchev–Trinajstić information content (AvgIpc) is 3.07. The van der Waals surface area contributed by atoms with Crippen LogP contribution in [0.1, 0.15) is 32.3 Å². The molecular formula is C21H28N2O6. The summed E-state index contributed by atoms with van der Waals surface area (Å²) in [7, 11) is 0. The molecule has 0 saturated carbocycles. The molecule has 1 aliphatic rings. The third-order valence-corrected chi connectivity index (χ3v) is 5.53. The lowest BCUT2D eigenvalue weighted by atomic mass is 9.70. The summed E-state index contributed by atoms with van der Waals surface area (Å²) >= 11 is 0. The molecule has 1 fully saturated rings. The van der Waals surface area contributed by atoms with E-state index >= 15 is 0 Å². The molecule has 1 aromatic rings. The van der Waals surface area contributed by atoms with Crippen molar-refractivity contribution in [2.24, 2.45) is 5.73 Å². The van der Waals surface area contributed by atoms with E-state index in [-0.39, 0.29) is 19.4 Å². The number of hydrogen-bond donors (Lipinski definition) is 3. The van der Waals surface area contributed by atoms with Crippen molar-refractivity contribution in [1.82, 2.24) is 4.90 Å². The second-order valence-corrected chi connectivity index (χ2v) is 7.23. The van der Waals surface area contributed by atoms with Crippen molar-refractivity contribution in [1.29, 1.82) is 0 Å². The van der Waals surface area contributed by atoms with Crippen LogP contribution in [0.4, 0.5) is 0 Å². The van der Waals surface area contributed by atoms with Gasteiger partial charge in [0.25, 0.3) is 0 Å². The number of ether oxygens (including phenoxy) is 1. The number of likely N-dealkylation sites (tertiary alicyclic amines) is 1. The zero-order valence-electron chi connectivity index (χ0n) is 16.7. The Hall–Kier alpha value is -2.71. The molecule has 158 valence electrons. The maximum absolute atomic E-state index is 13.0. The van der Waals surface area contributed by atoms with E-state index in [1.165, 1.54) is 13.0 Å². The highest BCUT2D eigenvalue weighted by atomic mass is 16.5. The number of benzene rings is 1. The van der Waals surface area contributed by atoms with Crippen molar-refractivity contribution in [2.75, 3.05) is 6.61 Å². The first kappa shape index (κ1) is 22.6. The number of carbonyl (C=O) groups is 3. The fraction of sp³-hybridized carbons (Fsp3) is 0.476. The van der Waals surface area contributed by atoms with Gasteiger partial charge >= 0.3 is 11.9 Å². The molecule has 0 radical (unpaired) electrons. The Morgan fingerprint density at radius 2 is 1.97 bits per heavy atom. The fourth-order valence-electron chi connectivity index (χ4n) is 4.21. The molecule has 4 N–H and O–H groups in total. The predicted molar refractivity (Wildman–Crippen MR) is 106 cm³/mol. The minimum atomic E-state index is -1.57. The number of carboxylic acids is 2. The molecule has 8 heteroatoms. The van der Waals surface area contributed by atoms with Crippen LogP contribution < -0.4 is 5.73 Å². The fourth-order valence-corrected chi connectivity index (χ4v) is 4.21. The molecule has 8 nitrogen and oxygen atoms in total. The van der Waals surface area contributed by atoms with Gasteiger partial charge in [0.05, 0.1) is 24.8 Å². The minimum Gasteiger partial charge on any atom is -0.481 e. The van der Waals surface area contributed by atoms with E-state index in [0.717, 1.165) is 4.90 Å². The van der Waals surface area contributed by atoms with E-state index in [9.17, 15) is 24.6 Å².